The molecule has 0 radical (unpaired) electrons. The molecular weight excluding hydrogens is 280 g/mol. The Hall–Kier alpha value is -1.65. The lowest BCUT2D eigenvalue weighted by Gasteiger charge is -2.25. The van der Waals surface area contributed by atoms with Crippen molar-refractivity contribution in [2.24, 2.45) is 0 Å². The quantitative estimate of drug-likeness (QED) is 0.470. The average molecular weight is 304 g/mol. The van der Waals surface area contributed by atoms with Crippen LogP contribution in [0.1, 0.15) is 49.1 Å². The molecule has 120 valence electrons. The molecule has 0 bridgehead atoms. The van der Waals surface area contributed by atoms with Gasteiger partial charge < -0.3 is 5.11 Å². The lowest BCUT2D eigenvalue weighted by Crippen LogP contribution is -2.29. The van der Waals surface area contributed by atoms with Crippen LogP contribution in [0.2, 0.25) is 0 Å². The largest absolute Gasteiger partial charge is 0.481 e. The predicted molar refractivity (Wildman–Crippen MR) is 84.6 cm³/mol. The molecule has 0 spiro atoms. The van der Waals surface area contributed by atoms with Gasteiger partial charge in [-0.1, -0.05) is 55.2 Å². The highest BCUT2D eigenvalue weighted by Crippen LogP contribution is 2.26. The van der Waals surface area contributed by atoms with Crippen LogP contribution in [0.25, 0.3) is 0 Å². The summed E-state index contributed by atoms with van der Waals surface area (Å²) in [4.78, 5) is 22.6. The second-order valence-corrected chi connectivity index (χ2v) is 5.88. The molecule has 0 aromatic heterocycles. The van der Waals surface area contributed by atoms with Crippen LogP contribution in [0.3, 0.4) is 0 Å². The van der Waals surface area contributed by atoms with Crippen LogP contribution in [-0.4, -0.2) is 23.3 Å². The molecule has 2 atom stereocenters. The Bertz CT molecular complexity index is 488. The summed E-state index contributed by atoms with van der Waals surface area (Å²) in [5, 5.41) is 9.55. The first-order chi connectivity index (χ1) is 10.6. The van der Waals surface area contributed by atoms with Crippen molar-refractivity contribution in [2.75, 3.05) is 0 Å². The number of carboxylic acid groups (broad SMARTS) is 1. The molecule has 1 N–H and O–H groups in total. The monoisotopic (exact) mass is 304 g/mol. The predicted octanol–water partition coefficient (Wildman–Crippen LogP) is 4.00. The molecule has 1 aliphatic rings. The standard InChI is InChI=1S/C18H24O4/c1-3-16(22-21-15-7-5-4-6-8-15)17(18(19)20)14-11-9-13(2)10-12-14/h3,9-12,15-17H,1,4-8H2,2H3,(H,19,20)/t16-,17-/m1/s1. The maximum atomic E-state index is 11.7. The second-order valence-electron chi connectivity index (χ2n) is 5.88. The Morgan fingerprint density at radius 2 is 1.91 bits per heavy atom. The average Bonchev–Trinajstić information content (AvgIpc) is 2.53. The molecule has 0 aliphatic heterocycles. The Balaban J connectivity index is 2.05. The van der Waals surface area contributed by atoms with Gasteiger partial charge >= 0.3 is 5.97 Å². The zero-order valence-corrected chi connectivity index (χ0v) is 13.0. The van der Waals surface area contributed by atoms with E-state index in [1.54, 1.807) is 0 Å². The van der Waals surface area contributed by atoms with Gasteiger partial charge in [0.2, 0.25) is 0 Å². The Labute approximate surface area is 131 Å². The first kappa shape index (κ1) is 16.7. The topological polar surface area (TPSA) is 55.8 Å². The number of hydrogen-bond acceptors (Lipinski definition) is 3. The van der Waals surface area contributed by atoms with Gasteiger partial charge in [0.1, 0.15) is 12.0 Å². The van der Waals surface area contributed by atoms with Crippen LogP contribution in [0.5, 0.6) is 0 Å². The molecule has 1 aliphatic carbocycles. The van der Waals surface area contributed by atoms with Gasteiger partial charge in [-0.05, 0) is 25.3 Å². The summed E-state index contributed by atoms with van der Waals surface area (Å²) in [6.45, 7) is 5.67. The summed E-state index contributed by atoms with van der Waals surface area (Å²) in [5.74, 6) is -1.76. The minimum absolute atomic E-state index is 0.0589. The van der Waals surface area contributed by atoms with Gasteiger partial charge in [-0.25, -0.2) is 9.78 Å². The molecule has 4 nitrogen and oxygen atoms in total. The maximum absolute atomic E-state index is 11.7. The van der Waals surface area contributed by atoms with Crippen molar-refractivity contribution in [1.82, 2.24) is 0 Å². The summed E-state index contributed by atoms with van der Waals surface area (Å²) in [6, 6.07) is 7.42. The number of aryl methyl sites for hydroxylation is 1. The van der Waals surface area contributed by atoms with Crippen LogP contribution in [0.15, 0.2) is 36.9 Å². The Kier molecular flexibility index (Phi) is 6.16. The lowest BCUT2D eigenvalue weighted by atomic mass is 9.93. The van der Waals surface area contributed by atoms with E-state index in [2.05, 4.69) is 6.58 Å². The third-order valence-corrected chi connectivity index (χ3v) is 4.12. The summed E-state index contributed by atoms with van der Waals surface area (Å²) < 4.78 is 0. The van der Waals surface area contributed by atoms with Gasteiger partial charge in [-0.15, -0.1) is 6.58 Å². The number of aliphatic carboxylic acids is 1. The van der Waals surface area contributed by atoms with E-state index >= 15 is 0 Å². The summed E-state index contributed by atoms with van der Waals surface area (Å²) >= 11 is 0. The summed E-state index contributed by atoms with van der Waals surface area (Å²) in [6.07, 6.45) is 6.28. The molecule has 1 aromatic rings. The fourth-order valence-corrected chi connectivity index (χ4v) is 2.78. The number of carboxylic acids is 1. The molecule has 1 fully saturated rings. The van der Waals surface area contributed by atoms with Crippen LogP contribution in [0.4, 0.5) is 0 Å². The molecule has 1 saturated carbocycles. The van der Waals surface area contributed by atoms with Gasteiger partial charge in [-0.2, -0.15) is 0 Å². The summed E-state index contributed by atoms with van der Waals surface area (Å²) in [5.41, 5.74) is 1.78. The zero-order chi connectivity index (χ0) is 15.9. The van der Waals surface area contributed by atoms with Gasteiger partial charge in [0, 0.05) is 0 Å². The van der Waals surface area contributed by atoms with Crippen LogP contribution in [0, 0.1) is 6.92 Å². The van der Waals surface area contributed by atoms with Crippen molar-refractivity contribution in [3.63, 3.8) is 0 Å². The van der Waals surface area contributed by atoms with Crippen molar-refractivity contribution in [3.8, 4) is 0 Å². The van der Waals surface area contributed by atoms with E-state index in [1.165, 1.54) is 12.5 Å². The molecule has 2 rings (SSSR count). The van der Waals surface area contributed by atoms with E-state index in [0.717, 1.165) is 31.2 Å². The van der Waals surface area contributed by atoms with Crippen LogP contribution < -0.4 is 0 Å². The third kappa shape index (κ3) is 4.42. The van der Waals surface area contributed by atoms with E-state index in [-0.39, 0.29) is 6.10 Å². The normalized spacial score (nSPS) is 18.6. The van der Waals surface area contributed by atoms with Crippen molar-refractivity contribution < 1.29 is 19.7 Å². The first-order valence-electron chi connectivity index (χ1n) is 7.86. The van der Waals surface area contributed by atoms with Gasteiger partial charge in [-0.3, -0.25) is 4.79 Å². The molecule has 4 heteroatoms. The second kappa shape index (κ2) is 8.11. The van der Waals surface area contributed by atoms with Crippen molar-refractivity contribution >= 4 is 5.97 Å². The SMILES string of the molecule is C=C[C@@H](OOC1CCCCC1)[C@H](C(=O)O)c1ccc(C)cc1. The van der Waals surface area contributed by atoms with E-state index in [4.69, 9.17) is 9.78 Å². The maximum Gasteiger partial charge on any atom is 0.314 e. The molecule has 0 amide bonds. The van der Waals surface area contributed by atoms with E-state index in [1.807, 2.05) is 31.2 Å². The van der Waals surface area contributed by atoms with Gasteiger partial charge in [0.25, 0.3) is 0 Å². The highest BCUT2D eigenvalue weighted by molar-refractivity contribution is 5.77. The van der Waals surface area contributed by atoms with Crippen molar-refractivity contribution in [2.45, 2.75) is 57.2 Å². The molecular formula is C18H24O4. The first-order valence-corrected chi connectivity index (χ1v) is 7.86. The van der Waals surface area contributed by atoms with Crippen LogP contribution >= 0.6 is 0 Å². The van der Waals surface area contributed by atoms with E-state index in [0.29, 0.717) is 5.56 Å². The fraction of sp³-hybridized carbons (Fsp3) is 0.500. The van der Waals surface area contributed by atoms with Crippen molar-refractivity contribution in [3.05, 3.63) is 48.0 Å². The molecule has 0 unspecified atom stereocenters. The third-order valence-electron chi connectivity index (χ3n) is 4.12. The molecule has 0 heterocycles. The molecule has 1 aromatic carbocycles. The Morgan fingerprint density at radius 1 is 1.27 bits per heavy atom. The fourth-order valence-electron chi connectivity index (χ4n) is 2.78. The van der Waals surface area contributed by atoms with Crippen molar-refractivity contribution in [1.29, 1.82) is 0 Å². The number of benzene rings is 1. The number of carbonyl (C=O) groups is 1. The van der Waals surface area contributed by atoms with Crippen LogP contribution in [-0.2, 0) is 14.6 Å². The minimum Gasteiger partial charge on any atom is -0.481 e. The highest BCUT2D eigenvalue weighted by atomic mass is 17.2. The van der Waals surface area contributed by atoms with E-state index < -0.39 is 18.0 Å². The van der Waals surface area contributed by atoms with Gasteiger partial charge in [0.15, 0.2) is 0 Å². The number of rotatable bonds is 7. The minimum atomic E-state index is -0.944. The smallest absolute Gasteiger partial charge is 0.314 e. The highest BCUT2D eigenvalue weighted by Gasteiger charge is 2.30. The van der Waals surface area contributed by atoms with Gasteiger partial charge in [0.05, 0.1) is 6.10 Å². The molecule has 22 heavy (non-hydrogen) atoms. The zero-order valence-electron chi connectivity index (χ0n) is 13.0. The molecule has 0 saturated heterocycles. The number of hydrogen-bond donors (Lipinski definition) is 1. The summed E-state index contributed by atoms with van der Waals surface area (Å²) in [7, 11) is 0. The van der Waals surface area contributed by atoms with E-state index in [9.17, 15) is 9.90 Å². The lowest BCUT2D eigenvalue weighted by molar-refractivity contribution is -0.348. The Morgan fingerprint density at radius 3 is 2.45 bits per heavy atom.